The van der Waals surface area contributed by atoms with Gasteiger partial charge in [-0.2, -0.15) is 0 Å². The molecule has 0 amide bonds. The monoisotopic (exact) mass is 1020 g/mol. The van der Waals surface area contributed by atoms with Gasteiger partial charge in [-0.3, -0.25) is 14.4 Å². The van der Waals surface area contributed by atoms with Gasteiger partial charge in [0.25, 0.3) is 0 Å². The molecule has 0 heterocycles. The molecule has 0 aromatic carbocycles. The second-order valence-corrected chi connectivity index (χ2v) is 21.0. The fourth-order valence-corrected chi connectivity index (χ4v) is 9.04. The number of ether oxygens (including phenoxy) is 3. The molecule has 0 aliphatic heterocycles. The van der Waals surface area contributed by atoms with E-state index in [-0.39, 0.29) is 31.1 Å². The molecule has 6 nitrogen and oxygen atoms in total. The summed E-state index contributed by atoms with van der Waals surface area (Å²) >= 11 is 0. The molecule has 0 N–H and O–H groups in total. The van der Waals surface area contributed by atoms with E-state index in [0.29, 0.717) is 19.3 Å². The number of hydrogen-bond acceptors (Lipinski definition) is 6. The van der Waals surface area contributed by atoms with Crippen molar-refractivity contribution < 1.29 is 28.6 Å². The molecule has 0 aromatic rings. The molecule has 0 aliphatic rings. The highest BCUT2D eigenvalue weighted by Gasteiger charge is 2.19. The molecule has 0 bridgehead atoms. The van der Waals surface area contributed by atoms with Crippen molar-refractivity contribution in [1.29, 1.82) is 0 Å². The number of unbranched alkanes of at least 4 members (excludes halogenated alkanes) is 34. The predicted octanol–water partition coefficient (Wildman–Crippen LogP) is 21.3. The predicted molar refractivity (Wildman–Crippen MR) is 316 cm³/mol. The van der Waals surface area contributed by atoms with Crippen LogP contribution in [0, 0.1) is 0 Å². The van der Waals surface area contributed by atoms with Crippen LogP contribution in [0.2, 0.25) is 0 Å². The van der Waals surface area contributed by atoms with E-state index in [4.69, 9.17) is 14.2 Å². The van der Waals surface area contributed by atoms with Gasteiger partial charge < -0.3 is 14.2 Å². The topological polar surface area (TPSA) is 78.9 Å². The van der Waals surface area contributed by atoms with E-state index in [1.165, 1.54) is 173 Å². The van der Waals surface area contributed by atoms with Crippen molar-refractivity contribution in [3.05, 3.63) is 72.9 Å². The van der Waals surface area contributed by atoms with E-state index < -0.39 is 6.10 Å². The molecule has 0 radical (unpaired) electrons. The maximum atomic E-state index is 12.9. The molecule has 422 valence electrons. The van der Waals surface area contributed by atoms with Gasteiger partial charge in [0, 0.05) is 19.3 Å². The molecule has 6 heteroatoms. The highest BCUT2D eigenvalue weighted by molar-refractivity contribution is 5.71. The van der Waals surface area contributed by atoms with Crippen molar-refractivity contribution in [2.75, 3.05) is 13.2 Å². The molecule has 1 atom stereocenters. The van der Waals surface area contributed by atoms with Gasteiger partial charge >= 0.3 is 17.9 Å². The van der Waals surface area contributed by atoms with Crippen LogP contribution in [0.5, 0.6) is 0 Å². The van der Waals surface area contributed by atoms with Crippen LogP contribution in [0.15, 0.2) is 72.9 Å². The van der Waals surface area contributed by atoms with Crippen LogP contribution in [-0.4, -0.2) is 37.2 Å². The molecule has 73 heavy (non-hydrogen) atoms. The zero-order valence-corrected chi connectivity index (χ0v) is 48.4. The summed E-state index contributed by atoms with van der Waals surface area (Å²) in [6.45, 7) is 6.51. The van der Waals surface area contributed by atoms with Gasteiger partial charge in [0.2, 0.25) is 0 Å². The Hall–Kier alpha value is -3.15. The summed E-state index contributed by atoms with van der Waals surface area (Å²) in [5.74, 6) is -0.885. The lowest BCUT2D eigenvalue weighted by Crippen LogP contribution is -2.30. The molecule has 0 spiro atoms. The summed E-state index contributed by atoms with van der Waals surface area (Å²) in [7, 11) is 0. The molecule has 0 saturated heterocycles. The Balaban J connectivity index is 4.16. The zero-order chi connectivity index (χ0) is 52.9. The molecular weight excluding hydrogens is 901 g/mol. The van der Waals surface area contributed by atoms with Crippen molar-refractivity contribution in [1.82, 2.24) is 0 Å². The maximum absolute atomic E-state index is 12.9. The van der Waals surface area contributed by atoms with Crippen molar-refractivity contribution in [2.24, 2.45) is 0 Å². The van der Waals surface area contributed by atoms with E-state index in [0.717, 1.165) is 103 Å². The van der Waals surface area contributed by atoms with E-state index in [1.54, 1.807) is 0 Å². The van der Waals surface area contributed by atoms with Gasteiger partial charge in [-0.1, -0.05) is 299 Å². The summed E-state index contributed by atoms with van der Waals surface area (Å²) in [4.78, 5) is 38.1. The smallest absolute Gasteiger partial charge is 0.306 e. The van der Waals surface area contributed by atoms with Gasteiger partial charge in [-0.25, -0.2) is 0 Å². The summed E-state index contributed by atoms with van der Waals surface area (Å²) in [6, 6.07) is 0. The zero-order valence-electron chi connectivity index (χ0n) is 48.4. The molecule has 0 fully saturated rings. The molecule has 0 aliphatic carbocycles. The standard InChI is InChI=1S/C67H118O6/c1-4-7-10-13-16-18-20-22-24-26-28-30-32-33-35-36-38-40-42-44-46-48-51-54-57-60-66(69)72-63-64(62-71-65(68)59-56-53-50-15-12-9-6-3)73-67(70)61-58-55-52-49-47-45-43-41-39-37-34-31-29-27-25-23-21-19-17-14-11-8-5-2/h7,10,16,18,22,24,28,30,33,35,38,40,64H,4-6,8-9,11-15,17,19-21,23,25-27,29,31-32,34,36-37,39,41-63H2,1-3H3/b10-7-,18-16-,24-22-,30-28-,35-33-,40-38-. The second-order valence-electron chi connectivity index (χ2n) is 21.0. The minimum atomic E-state index is -0.778. The molecular formula is C67H118O6. The molecule has 0 saturated carbocycles. The quantitative estimate of drug-likeness (QED) is 0.0261. The van der Waals surface area contributed by atoms with Crippen molar-refractivity contribution in [2.45, 2.75) is 322 Å². The number of rotatable bonds is 57. The third-order valence-electron chi connectivity index (χ3n) is 13.7. The van der Waals surface area contributed by atoms with Gasteiger partial charge in [0.1, 0.15) is 13.2 Å². The van der Waals surface area contributed by atoms with Crippen LogP contribution in [0.25, 0.3) is 0 Å². The summed E-state index contributed by atoms with van der Waals surface area (Å²) in [5.41, 5.74) is 0. The highest BCUT2D eigenvalue weighted by atomic mass is 16.6. The van der Waals surface area contributed by atoms with Crippen LogP contribution in [-0.2, 0) is 28.6 Å². The second kappa shape index (κ2) is 61.4. The highest BCUT2D eigenvalue weighted by Crippen LogP contribution is 2.17. The third-order valence-corrected chi connectivity index (χ3v) is 13.7. The number of hydrogen-bond donors (Lipinski definition) is 0. The van der Waals surface area contributed by atoms with Crippen molar-refractivity contribution in [3.63, 3.8) is 0 Å². The average Bonchev–Trinajstić information content (AvgIpc) is 3.39. The van der Waals surface area contributed by atoms with Crippen LogP contribution in [0.3, 0.4) is 0 Å². The third kappa shape index (κ3) is 59.6. The van der Waals surface area contributed by atoms with Crippen molar-refractivity contribution in [3.8, 4) is 0 Å². The Morgan fingerprint density at radius 1 is 0.288 bits per heavy atom. The van der Waals surface area contributed by atoms with Gasteiger partial charge in [-0.05, 0) is 70.6 Å². The Labute approximate surface area is 453 Å². The molecule has 0 rings (SSSR count). The first-order valence-corrected chi connectivity index (χ1v) is 31.4. The van der Waals surface area contributed by atoms with Crippen LogP contribution >= 0.6 is 0 Å². The van der Waals surface area contributed by atoms with Gasteiger partial charge in [-0.15, -0.1) is 0 Å². The van der Waals surface area contributed by atoms with Crippen LogP contribution in [0.1, 0.15) is 316 Å². The van der Waals surface area contributed by atoms with E-state index in [1.807, 2.05) is 0 Å². The Bertz CT molecular complexity index is 1360. The first-order chi connectivity index (χ1) is 36.0. The van der Waals surface area contributed by atoms with Crippen molar-refractivity contribution >= 4 is 17.9 Å². The normalized spacial score (nSPS) is 12.5. The van der Waals surface area contributed by atoms with Crippen LogP contribution in [0.4, 0.5) is 0 Å². The lowest BCUT2D eigenvalue weighted by molar-refractivity contribution is -0.167. The van der Waals surface area contributed by atoms with E-state index in [9.17, 15) is 14.4 Å². The lowest BCUT2D eigenvalue weighted by atomic mass is 10.0. The average molecular weight is 1020 g/mol. The first-order valence-electron chi connectivity index (χ1n) is 31.4. The summed E-state index contributed by atoms with van der Waals surface area (Å²) < 4.78 is 16.8. The van der Waals surface area contributed by atoms with E-state index in [2.05, 4.69) is 93.7 Å². The fraction of sp³-hybridized carbons (Fsp3) is 0.776. The van der Waals surface area contributed by atoms with Crippen LogP contribution < -0.4 is 0 Å². The van der Waals surface area contributed by atoms with E-state index >= 15 is 0 Å². The number of esters is 3. The minimum absolute atomic E-state index is 0.0771. The SMILES string of the molecule is CC/C=C\C/C=C\C/C=C\C/C=C\C/C=C\C/C=C\CCCCCCCCC(=O)OCC(COC(=O)CCCCCCCCC)OC(=O)CCCCCCCCCCCCCCCCCCCCCCCCC. The minimum Gasteiger partial charge on any atom is -0.462 e. The Kier molecular flexibility index (Phi) is 58.7. The van der Waals surface area contributed by atoms with Gasteiger partial charge in [0.05, 0.1) is 0 Å². The number of allylic oxidation sites excluding steroid dienone is 12. The Morgan fingerprint density at radius 2 is 0.534 bits per heavy atom. The van der Waals surface area contributed by atoms with Gasteiger partial charge in [0.15, 0.2) is 6.10 Å². The largest absolute Gasteiger partial charge is 0.462 e. The molecule has 0 aromatic heterocycles. The number of carbonyl (C=O) groups is 3. The summed E-state index contributed by atoms with van der Waals surface area (Å²) in [6.07, 6.45) is 79.3. The molecule has 1 unspecified atom stereocenters. The maximum Gasteiger partial charge on any atom is 0.306 e. The number of carbonyl (C=O) groups excluding carboxylic acids is 3. The lowest BCUT2D eigenvalue weighted by Gasteiger charge is -2.18. The fourth-order valence-electron chi connectivity index (χ4n) is 9.04. The first kappa shape index (κ1) is 69.8. The Morgan fingerprint density at radius 3 is 0.836 bits per heavy atom. The summed E-state index contributed by atoms with van der Waals surface area (Å²) in [5, 5.41) is 0.